The predicted octanol–water partition coefficient (Wildman–Crippen LogP) is 2.67. The van der Waals surface area contributed by atoms with Crippen molar-refractivity contribution in [2.24, 2.45) is 5.10 Å². The number of nitrogens with two attached hydrogens (primary N) is 1. The number of hydrogen-bond donors (Lipinski definition) is 1. The van der Waals surface area contributed by atoms with Gasteiger partial charge in [-0.1, -0.05) is 11.8 Å². The summed E-state index contributed by atoms with van der Waals surface area (Å²) < 4.78 is 49.4. The van der Waals surface area contributed by atoms with Crippen LogP contribution in [0.3, 0.4) is 0 Å². The first-order valence-electron chi connectivity index (χ1n) is 8.22. The monoisotopic (exact) mass is 426 g/mol. The Morgan fingerprint density at radius 3 is 2.62 bits per heavy atom. The standard InChI is InChI=1S/C16H13F3N6O3S/c17-16(18,19)14-21-22-15(24(14)20)29-8-13(26)25-10(12-4-2-6-28-12)7-9(23-25)11-3-1-5-27-11/h1-6,10H,7-8,20H2. The first-order valence-corrected chi connectivity index (χ1v) is 9.20. The highest BCUT2D eigenvalue weighted by molar-refractivity contribution is 7.99. The number of hydrazone groups is 1. The molecule has 0 radical (unpaired) electrons. The molecule has 0 aliphatic carbocycles. The molecule has 0 aromatic carbocycles. The molecule has 29 heavy (non-hydrogen) atoms. The van der Waals surface area contributed by atoms with Crippen molar-refractivity contribution in [3.05, 3.63) is 54.1 Å². The summed E-state index contributed by atoms with van der Waals surface area (Å²) in [6, 6.07) is 6.32. The summed E-state index contributed by atoms with van der Waals surface area (Å²) in [6.45, 7) is 0. The molecule has 4 rings (SSSR count). The topological polar surface area (TPSA) is 116 Å². The van der Waals surface area contributed by atoms with Gasteiger partial charge in [-0.2, -0.15) is 18.3 Å². The Morgan fingerprint density at radius 2 is 2.00 bits per heavy atom. The summed E-state index contributed by atoms with van der Waals surface area (Å²) in [5, 5.41) is 11.7. The molecule has 0 saturated heterocycles. The molecule has 4 heterocycles. The van der Waals surface area contributed by atoms with Gasteiger partial charge in [0.25, 0.3) is 11.7 Å². The molecule has 1 aliphatic heterocycles. The second-order valence-corrected chi connectivity index (χ2v) is 6.90. The number of thioether (sulfide) groups is 1. The Hall–Kier alpha value is -3.22. The number of halogens is 3. The van der Waals surface area contributed by atoms with Crippen LogP contribution in [0.25, 0.3) is 0 Å². The van der Waals surface area contributed by atoms with Crippen molar-refractivity contribution in [3.63, 3.8) is 0 Å². The molecule has 1 unspecified atom stereocenters. The van der Waals surface area contributed by atoms with Crippen LogP contribution in [0.4, 0.5) is 13.2 Å². The van der Waals surface area contributed by atoms with E-state index in [2.05, 4.69) is 15.3 Å². The first-order chi connectivity index (χ1) is 13.8. The molecule has 13 heteroatoms. The summed E-state index contributed by atoms with van der Waals surface area (Å²) in [6.07, 6.45) is -1.41. The molecular formula is C16H13F3N6O3S. The van der Waals surface area contributed by atoms with Crippen molar-refractivity contribution in [3.8, 4) is 0 Å². The van der Waals surface area contributed by atoms with Crippen LogP contribution in [0, 0.1) is 0 Å². The minimum atomic E-state index is -4.74. The number of amides is 1. The Kier molecular flexibility index (Phi) is 4.82. The zero-order valence-electron chi connectivity index (χ0n) is 14.5. The summed E-state index contributed by atoms with van der Waals surface area (Å²) in [5.41, 5.74) is 0.552. The number of nitrogen functional groups attached to an aromatic ring is 1. The van der Waals surface area contributed by atoms with Crippen LogP contribution in [0.1, 0.15) is 29.8 Å². The largest absolute Gasteiger partial charge is 0.467 e. The molecule has 1 aliphatic rings. The van der Waals surface area contributed by atoms with Crippen molar-refractivity contribution in [1.82, 2.24) is 19.9 Å². The molecule has 1 amide bonds. The molecule has 3 aromatic rings. The van der Waals surface area contributed by atoms with E-state index in [4.69, 9.17) is 14.7 Å². The van der Waals surface area contributed by atoms with Crippen LogP contribution < -0.4 is 5.84 Å². The van der Waals surface area contributed by atoms with Gasteiger partial charge >= 0.3 is 6.18 Å². The molecule has 0 saturated carbocycles. The highest BCUT2D eigenvalue weighted by Gasteiger charge is 2.39. The third-order valence-electron chi connectivity index (χ3n) is 4.09. The Balaban J connectivity index is 1.52. The Morgan fingerprint density at radius 1 is 1.24 bits per heavy atom. The normalized spacial score (nSPS) is 17.0. The van der Waals surface area contributed by atoms with E-state index in [-0.39, 0.29) is 10.9 Å². The van der Waals surface area contributed by atoms with E-state index in [1.807, 2.05) is 0 Å². The van der Waals surface area contributed by atoms with Gasteiger partial charge in [0, 0.05) is 6.42 Å². The maximum Gasteiger partial charge on any atom is 0.453 e. The fraction of sp³-hybridized carbons (Fsp3) is 0.250. The molecule has 0 fully saturated rings. The van der Waals surface area contributed by atoms with E-state index in [1.165, 1.54) is 17.5 Å². The first kappa shape index (κ1) is 19.1. The van der Waals surface area contributed by atoms with E-state index in [9.17, 15) is 18.0 Å². The van der Waals surface area contributed by atoms with Gasteiger partial charge < -0.3 is 14.7 Å². The van der Waals surface area contributed by atoms with Gasteiger partial charge in [-0.05, 0) is 24.3 Å². The van der Waals surface area contributed by atoms with E-state index in [0.29, 0.717) is 28.3 Å². The van der Waals surface area contributed by atoms with E-state index in [1.54, 1.807) is 24.3 Å². The van der Waals surface area contributed by atoms with Gasteiger partial charge in [-0.15, -0.1) is 10.2 Å². The lowest BCUT2D eigenvalue weighted by molar-refractivity contribution is -0.146. The van der Waals surface area contributed by atoms with Crippen LogP contribution >= 0.6 is 11.8 Å². The average molecular weight is 426 g/mol. The summed E-state index contributed by atoms with van der Waals surface area (Å²) in [4.78, 5) is 12.8. The van der Waals surface area contributed by atoms with Gasteiger partial charge in [0.05, 0.1) is 18.3 Å². The SMILES string of the molecule is Nn1c(SCC(=O)N2N=C(c3ccco3)CC2c2ccco2)nnc1C(F)(F)F. The van der Waals surface area contributed by atoms with E-state index >= 15 is 0 Å². The molecule has 3 aromatic heterocycles. The molecule has 1 atom stereocenters. The maximum atomic E-state index is 12.8. The highest BCUT2D eigenvalue weighted by Crippen LogP contribution is 2.34. The number of furan rings is 2. The molecule has 9 nitrogen and oxygen atoms in total. The minimum Gasteiger partial charge on any atom is -0.467 e. The Bertz CT molecular complexity index is 1030. The van der Waals surface area contributed by atoms with Gasteiger partial charge in [-0.25, -0.2) is 9.69 Å². The van der Waals surface area contributed by atoms with Crippen LogP contribution in [-0.4, -0.2) is 37.3 Å². The van der Waals surface area contributed by atoms with Crippen LogP contribution in [0.15, 0.2) is 55.9 Å². The van der Waals surface area contributed by atoms with Gasteiger partial charge in [0.1, 0.15) is 23.3 Å². The number of carbonyl (C=O) groups excluding carboxylic acids is 1. The second kappa shape index (κ2) is 7.31. The lowest BCUT2D eigenvalue weighted by Gasteiger charge is -2.19. The van der Waals surface area contributed by atoms with Crippen molar-refractivity contribution in [1.29, 1.82) is 0 Å². The van der Waals surface area contributed by atoms with Crippen molar-refractivity contribution in [2.75, 3.05) is 11.6 Å². The number of hydrogen-bond acceptors (Lipinski definition) is 8. The van der Waals surface area contributed by atoms with Crippen molar-refractivity contribution >= 4 is 23.4 Å². The lowest BCUT2D eigenvalue weighted by Crippen LogP contribution is -2.28. The van der Waals surface area contributed by atoms with Crippen molar-refractivity contribution in [2.45, 2.75) is 23.8 Å². The fourth-order valence-corrected chi connectivity index (χ4v) is 3.50. The number of alkyl halides is 3. The maximum absolute atomic E-state index is 12.8. The van der Waals surface area contributed by atoms with Gasteiger partial charge in [0.15, 0.2) is 0 Å². The summed E-state index contributed by atoms with van der Waals surface area (Å²) in [5.74, 6) is 4.37. The number of nitrogens with zero attached hydrogens (tertiary/aromatic N) is 5. The predicted molar refractivity (Wildman–Crippen MR) is 94.1 cm³/mol. The van der Waals surface area contributed by atoms with Crippen LogP contribution in [0.5, 0.6) is 0 Å². The molecule has 0 bridgehead atoms. The molecular weight excluding hydrogens is 413 g/mol. The van der Waals surface area contributed by atoms with E-state index < -0.39 is 23.9 Å². The van der Waals surface area contributed by atoms with Gasteiger partial charge in [0.2, 0.25) is 5.16 Å². The summed E-state index contributed by atoms with van der Waals surface area (Å²) >= 11 is 0.727. The quantitative estimate of drug-likeness (QED) is 0.493. The number of aromatic nitrogens is 3. The lowest BCUT2D eigenvalue weighted by atomic mass is 10.1. The third kappa shape index (κ3) is 3.72. The van der Waals surface area contributed by atoms with Gasteiger partial charge in [-0.3, -0.25) is 4.79 Å². The average Bonchev–Trinajstić information content (AvgIpc) is 3.44. The highest BCUT2D eigenvalue weighted by atomic mass is 32.2. The van der Waals surface area contributed by atoms with E-state index in [0.717, 1.165) is 11.8 Å². The number of rotatable bonds is 5. The summed E-state index contributed by atoms with van der Waals surface area (Å²) in [7, 11) is 0. The van der Waals surface area contributed by atoms with Crippen molar-refractivity contribution < 1.29 is 26.8 Å². The second-order valence-electron chi connectivity index (χ2n) is 5.96. The fourth-order valence-electron chi connectivity index (χ4n) is 2.80. The third-order valence-corrected chi connectivity index (χ3v) is 5.01. The van der Waals surface area contributed by atoms with Crippen LogP contribution in [-0.2, 0) is 11.0 Å². The Labute approximate surface area is 165 Å². The number of carbonyl (C=O) groups is 1. The zero-order valence-corrected chi connectivity index (χ0v) is 15.4. The smallest absolute Gasteiger partial charge is 0.453 e. The zero-order chi connectivity index (χ0) is 20.6. The molecule has 2 N–H and O–H groups in total. The molecule has 0 spiro atoms. The minimum absolute atomic E-state index is 0.241. The molecule has 152 valence electrons. The van der Waals surface area contributed by atoms with Crippen LogP contribution in [0.2, 0.25) is 0 Å².